The highest BCUT2D eigenvalue weighted by atomic mass is 16.6. The van der Waals surface area contributed by atoms with E-state index in [2.05, 4.69) is 10.2 Å². The van der Waals surface area contributed by atoms with Gasteiger partial charge in [-0.2, -0.15) is 0 Å². The minimum absolute atomic E-state index is 0.0675. The zero-order chi connectivity index (χ0) is 40.8. The Balaban J connectivity index is 1.41. The average Bonchev–Trinajstić information content (AvgIpc) is 3.30. The largest absolute Gasteiger partial charge is 0.464 e. The second-order valence-corrected chi connectivity index (χ2v) is 13.9. The number of esters is 2. The molecule has 0 spiro atoms. The number of hydrogen-bond acceptors (Lipinski definition) is 11. The smallest absolute Gasteiger partial charge is 0.359 e. The molecule has 1 aliphatic heterocycles. The molecule has 1 fully saturated rings. The Morgan fingerprint density at radius 2 is 0.915 bits per heavy atom. The van der Waals surface area contributed by atoms with E-state index in [1.165, 1.54) is 14.2 Å². The van der Waals surface area contributed by atoms with Gasteiger partial charge < -0.3 is 33.2 Å². The Hall–Kier alpha value is -6.08. The van der Waals surface area contributed by atoms with Crippen LogP contribution in [0, 0.1) is 0 Å². The van der Waals surface area contributed by atoms with Crippen LogP contribution in [-0.4, -0.2) is 67.4 Å². The highest BCUT2D eigenvalue weighted by Gasteiger charge is 2.51. The number of hydrogen-bond donors (Lipinski definition) is 0. The summed E-state index contributed by atoms with van der Waals surface area (Å²) < 4.78 is 44.8. The van der Waals surface area contributed by atoms with Gasteiger partial charge in [0.15, 0.2) is 11.4 Å². The minimum atomic E-state index is -1.12. The van der Waals surface area contributed by atoms with Crippen LogP contribution >= 0.6 is 0 Å². The van der Waals surface area contributed by atoms with E-state index in [1.807, 2.05) is 152 Å². The molecule has 1 aliphatic rings. The topological polar surface area (TPSA) is 125 Å². The van der Waals surface area contributed by atoms with Crippen molar-refractivity contribution >= 4 is 11.9 Å². The molecule has 11 heteroatoms. The molecule has 0 N–H and O–H groups in total. The lowest BCUT2D eigenvalue weighted by Gasteiger charge is -2.47. The molecule has 1 aromatic heterocycles. The maximum atomic E-state index is 13.8. The summed E-state index contributed by atoms with van der Waals surface area (Å²) in [6.45, 7) is 0.943. The molecule has 0 bridgehead atoms. The molecule has 1 saturated heterocycles. The highest BCUT2D eigenvalue weighted by molar-refractivity contribution is 5.99. The van der Waals surface area contributed by atoms with E-state index in [-0.39, 0.29) is 48.9 Å². The van der Waals surface area contributed by atoms with Crippen LogP contribution in [0.25, 0.3) is 11.1 Å². The van der Waals surface area contributed by atoms with Gasteiger partial charge in [-0.25, -0.2) is 9.59 Å². The van der Waals surface area contributed by atoms with Gasteiger partial charge in [-0.1, -0.05) is 152 Å². The molecule has 6 aromatic rings. The summed E-state index contributed by atoms with van der Waals surface area (Å²) in [5.41, 5.74) is 4.53. The van der Waals surface area contributed by atoms with Crippen LogP contribution in [0.5, 0.6) is 0 Å². The Morgan fingerprint density at radius 1 is 0.508 bits per heavy atom. The van der Waals surface area contributed by atoms with Crippen molar-refractivity contribution in [2.45, 2.75) is 56.9 Å². The maximum Gasteiger partial charge on any atom is 0.359 e. The van der Waals surface area contributed by atoms with Gasteiger partial charge in [0.1, 0.15) is 30.5 Å². The molecule has 0 aliphatic carbocycles. The van der Waals surface area contributed by atoms with E-state index >= 15 is 0 Å². The van der Waals surface area contributed by atoms with Crippen molar-refractivity contribution in [3.05, 3.63) is 191 Å². The third-order valence-corrected chi connectivity index (χ3v) is 10.00. The normalized spacial score (nSPS) is 18.8. The summed E-state index contributed by atoms with van der Waals surface area (Å²) in [6, 6.07) is 48.3. The number of methoxy groups -OCH3 is 2. The number of aromatic nitrogens is 2. The first-order valence-corrected chi connectivity index (χ1v) is 19.4. The van der Waals surface area contributed by atoms with Crippen LogP contribution in [0.15, 0.2) is 152 Å². The van der Waals surface area contributed by atoms with Crippen molar-refractivity contribution in [2.24, 2.45) is 0 Å². The van der Waals surface area contributed by atoms with Crippen molar-refractivity contribution < 1.29 is 42.7 Å². The van der Waals surface area contributed by atoms with E-state index in [4.69, 9.17) is 33.2 Å². The molecular formula is C48H46N2O9. The van der Waals surface area contributed by atoms with Gasteiger partial charge in [-0.05, 0) is 27.8 Å². The van der Waals surface area contributed by atoms with Gasteiger partial charge in [-0.3, -0.25) is 0 Å². The number of rotatable bonds is 17. The molecule has 11 nitrogen and oxygen atoms in total. The fourth-order valence-corrected chi connectivity index (χ4v) is 7.13. The third kappa shape index (κ3) is 10.3. The number of carbonyl (C=O) groups excluding carboxylic acids is 2. The lowest BCUT2D eigenvalue weighted by atomic mass is 9.85. The third-order valence-electron chi connectivity index (χ3n) is 10.00. The molecule has 0 saturated carbocycles. The summed E-state index contributed by atoms with van der Waals surface area (Å²) >= 11 is 0. The molecule has 0 amide bonds. The first kappa shape index (κ1) is 41.1. The fourth-order valence-electron chi connectivity index (χ4n) is 7.13. The zero-order valence-electron chi connectivity index (χ0n) is 32.9. The van der Waals surface area contributed by atoms with E-state index in [0.717, 1.165) is 22.3 Å². The Labute approximate surface area is 343 Å². The number of ether oxygens (including phenoxy) is 7. The van der Waals surface area contributed by atoms with Crippen molar-refractivity contribution in [1.29, 1.82) is 0 Å². The average molecular weight is 795 g/mol. The number of nitrogens with zero attached hydrogens (tertiary/aromatic N) is 2. The van der Waals surface area contributed by atoms with E-state index in [0.29, 0.717) is 12.2 Å². The van der Waals surface area contributed by atoms with Gasteiger partial charge in [0.05, 0.1) is 47.3 Å². The van der Waals surface area contributed by atoms with Gasteiger partial charge in [0, 0.05) is 11.1 Å². The molecule has 5 atom stereocenters. The molecule has 0 radical (unpaired) electrons. The standard InChI is InChI=1S/C48H46N2O9/c1-53-47(51)41-39(37-26-16-7-17-27-37)40(42(50-49-41)48(52)54-2)44-46(58-31-36-24-14-6-15-25-36)45(57-30-35-22-12-5-13-23-35)43(56-29-34-20-10-4-11-21-34)38(59-44)32-55-28-33-18-8-3-9-19-33/h3-27,38,43-46H,28-32H2,1-2H3/t38-,43+,44-,45+,46+/m1/s1. The van der Waals surface area contributed by atoms with Crippen molar-refractivity contribution in [2.75, 3.05) is 20.8 Å². The summed E-state index contributed by atoms with van der Waals surface area (Å²) in [5.74, 6) is -1.54. The molecule has 59 heavy (non-hydrogen) atoms. The predicted molar refractivity (Wildman–Crippen MR) is 219 cm³/mol. The van der Waals surface area contributed by atoms with E-state index in [9.17, 15) is 9.59 Å². The first-order valence-electron chi connectivity index (χ1n) is 19.4. The molecular weight excluding hydrogens is 749 g/mol. The minimum Gasteiger partial charge on any atom is -0.464 e. The lowest BCUT2D eigenvalue weighted by Crippen LogP contribution is -2.58. The van der Waals surface area contributed by atoms with Crippen LogP contribution in [-0.2, 0) is 59.6 Å². The van der Waals surface area contributed by atoms with Gasteiger partial charge in [-0.15, -0.1) is 10.2 Å². The molecule has 302 valence electrons. The summed E-state index contributed by atoms with van der Waals surface area (Å²) in [7, 11) is 2.52. The Bertz CT molecular complexity index is 2230. The van der Waals surface area contributed by atoms with Crippen LogP contribution < -0.4 is 0 Å². The van der Waals surface area contributed by atoms with Crippen LogP contribution in [0.3, 0.4) is 0 Å². The van der Waals surface area contributed by atoms with Crippen molar-refractivity contribution in [1.82, 2.24) is 10.2 Å². The van der Waals surface area contributed by atoms with Crippen LogP contribution in [0.2, 0.25) is 0 Å². The van der Waals surface area contributed by atoms with Gasteiger partial charge >= 0.3 is 11.9 Å². The highest BCUT2D eigenvalue weighted by Crippen LogP contribution is 2.44. The Kier molecular flexibility index (Phi) is 14.3. The molecule has 2 heterocycles. The fraction of sp³-hybridized carbons (Fsp3) is 0.250. The molecule has 5 aromatic carbocycles. The van der Waals surface area contributed by atoms with Crippen molar-refractivity contribution in [3.8, 4) is 11.1 Å². The lowest BCUT2D eigenvalue weighted by molar-refractivity contribution is -0.275. The maximum absolute atomic E-state index is 13.8. The summed E-state index contributed by atoms with van der Waals surface area (Å²) in [5, 5.41) is 8.55. The Morgan fingerprint density at radius 3 is 1.41 bits per heavy atom. The predicted octanol–water partition coefficient (Wildman–Crippen LogP) is 8.13. The number of benzene rings is 5. The second-order valence-electron chi connectivity index (χ2n) is 13.9. The first-order chi connectivity index (χ1) is 29.0. The van der Waals surface area contributed by atoms with Gasteiger partial charge in [0.2, 0.25) is 0 Å². The second kappa shape index (κ2) is 20.6. The van der Waals surface area contributed by atoms with E-state index < -0.39 is 42.5 Å². The quantitative estimate of drug-likeness (QED) is 0.0832. The summed E-state index contributed by atoms with van der Waals surface area (Å²) in [6.07, 6.45) is -4.48. The SMILES string of the molecule is COC(=O)c1nnc(C(=O)OC)c([C@H]2O[C@H](COCc3ccccc3)[C@H](OCc3ccccc3)[C@H](OCc3ccccc3)[C@H]2OCc2ccccc2)c1-c1ccccc1. The van der Waals surface area contributed by atoms with Crippen molar-refractivity contribution in [3.63, 3.8) is 0 Å². The van der Waals surface area contributed by atoms with Crippen LogP contribution in [0.4, 0.5) is 0 Å². The monoisotopic (exact) mass is 794 g/mol. The number of carbonyl (C=O) groups is 2. The van der Waals surface area contributed by atoms with Crippen LogP contribution in [0.1, 0.15) is 54.9 Å². The zero-order valence-corrected chi connectivity index (χ0v) is 32.9. The van der Waals surface area contributed by atoms with Gasteiger partial charge in [0.25, 0.3) is 0 Å². The molecule has 7 rings (SSSR count). The van der Waals surface area contributed by atoms with E-state index in [1.54, 1.807) is 0 Å². The summed E-state index contributed by atoms with van der Waals surface area (Å²) in [4.78, 5) is 27.3. The molecule has 0 unspecified atom stereocenters.